The zero-order chi connectivity index (χ0) is 19.4. The van der Waals surface area contributed by atoms with E-state index < -0.39 is 0 Å². The molecule has 0 atom stereocenters. The van der Waals surface area contributed by atoms with Crippen LogP contribution in [0, 0.1) is 13.8 Å². The summed E-state index contributed by atoms with van der Waals surface area (Å²) in [5.74, 6) is -0.595. The summed E-state index contributed by atoms with van der Waals surface area (Å²) in [5.41, 5.74) is 3.21. The molecule has 1 saturated heterocycles. The molecule has 3 rings (SSSR count). The smallest absolute Gasteiger partial charge is 0.274 e. The molecule has 7 heteroatoms. The van der Waals surface area contributed by atoms with Crippen molar-refractivity contribution in [3.05, 3.63) is 58.9 Å². The van der Waals surface area contributed by atoms with Crippen LogP contribution < -0.4 is 5.32 Å². The van der Waals surface area contributed by atoms with Gasteiger partial charge in [-0.05, 0) is 49.2 Å². The van der Waals surface area contributed by atoms with Crippen LogP contribution in [-0.4, -0.2) is 59.2 Å². The number of amides is 3. The lowest BCUT2D eigenvalue weighted by Crippen LogP contribution is -2.48. The average Bonchev–Trinajstić information content (AvgIpc) is 2.67. The van der Waals surface area contributed by atoms with Gasteiger partial charge in [0.2, 0.25) is 6.41 Å². The Hall–Kier alpha value is -3.22. The van der Waals surface area contributed by atoms with E-state index in [0.29, 0.717) is 31.9 Å². The molecule has 0 spiro atoms. The summed E-state index contributed by atoms with van der Waals surface area (Å²) in [6.07, 6.45) is 0.790. The molecule has 2 heterocycles. The van der Waals surface area contributed by atoms with E-state index in [-0.39, 0.29) is 23.2 Å². The molecule has 1 fully saturated rings. The Morgan fingerprint density at radius 1 is 1.00 bits per heavy atom. The van der Waals surface area contributed by atoms with Crippen LogP contribution in [0.5, 0.6) is 0 Å². The number of hydrogen-bond acceptors (Lipinski definition) is 4. The van der Waals surface area contributed by atoms with Crippen LogP contribution in [0.1, 0.15) is 32.1 Å². The maximum atomic E-state index is 12.6. The molecule has 0 unspecified atom stereocenters. The molecule has 2 aromatic rings. The fraction of sp³-hybridized carbons (Fsp3) is 0.300. The quantitative estimate of drug-likeness (QED) is 0.838. The Morgan fingerprint density at radius 2 is 1.63 bits per heavy atom. The molecule has 1 aliphatic heterocycles. The van der Waals surface area contributed by atoms with Crippen LogP contribution >= 0.6 is 0 Å². The number of carbonyl (C=O) groups excluding carboxylic acids is 3. The maximum absolute atomic E-state index is 12.6. The van der Waals surface area contributed by atoms with E-state index in [1.165, 1.54) is 0 Å². The first-order chi connectivity index (χ1) is 13.0. The number of carbonyl (C=O) groups is 3. The van der Waals surface area contributed by atoms with Gasteiger partial charge in [-0.25, -0.2) is 4.98 Å². The number of hydrogen-bond donors (Lipinski definition) is 1. The number of benzene rings is 1. The molecule has 0 saturated carbocycles. The van der Waals surface area contributed by atoms with Crippen molar-refractivity contribution in [3.8, 4) is 0 Å². The number of aryl methyl sites for hydroxylation is 2. The lowest BCUT2D eigenvalue weighted by atomic mass is 10.1. The van der Waals surface area contributed by atoms with Gasteiger partial charge < -0.3 is 15.1 Å². The monoisotopic (exact) mass is 366 g/mol. The van der Waals surface area contributed by atoms with E-state index in [2.05, 4.69) is 10.3 Å². The second-order valence-electron chi connectivity index (χ2n) is 6.67. The Morgan fingerprint density at radius 3 is 2.26 bits per heavy atom. The van der Waals surface area contributed by atoms with Crippen molar-refractivity contribution < 1.29 is 14.4 Å². The predicted octanol–water partition coefficient (Wildman–Crippen LogP) is 1.86. The Labute approximate surface area is 158 Å². The molecule has 27 heavy (non-hydrogen) atoms. The van der Waals surface area contributed by atoms with E-state index in [9.17, 15) is 14.4 Å². The summed E-state index contributed by atoms with van der Waals surface area (Å²) in [5, 5.41) is 2.83. The van der Waals surface area contributed by atoms with E-state index in [0.717, 1.165) is 17.5 Å². The van der Waals surface area contributed by atoms with Gasteiger partial charge in [-0.3, -0.25) is 14.4 Å². The number of anilines is 1. The molecule has 1 aromatic heterocycles. The van der Waals surface area contributed by atoms with Gasteiger partial charge in [0.05, 0.1) is 0 Å². The SMILES string of the molecule is Cc1cc(C)cc(NC(=O)c2cccc(C(=O)N3CCN(C=O)CC3)n2)c1. The van der Waals surface area contributed by atoms with E-state index in [1.807, 2.05) is 32.0 Å². The summed E-state index contributed by atoms with van der Waals surface area (Å²) in [4.78, 5) is 43.5. The van der Waals surface area contributed by atoms with E-state index >= 15 is 0 Å². The van der Waals surface area contributed by atoms with Crippen LogP contribution in [0.25, 0.3) is 0 Å². The van der Waals surface area contributed by atoms with Crippen LogP contribution in [-0.2, 0) is 4.79 Å². The minimum Gasteiger partial charge on any atom is -0.342 e. The van der Waals surface area contributed by atoms with Crippen molar-refractivity contribution in [2.75, 3.05) is 31.5 Å². The third kappa shape index (κ3) is 4.49. The normalized spacial score (nSPS) is 14.0. The van der Waals surface area contributed by atoms with Gasteiger partial charge in [-0.1, -0.05) is 12.1 Å². The van der Waals surface area contributed by atoms with E-state index in [1.54, 1.807) is 28.0 Å². The highest BCUT2D eigenvalue weighted by Gasteiger charge is 2.23. The van der Waals surface area contributed by atoms with Crippen LogP contribution in [0.3, 0.4) is 0 Å². The molecule has 140 valence electrons. The van der Waals surface area contributed by atoms with Crippen LogP contribution in [0.4, 0.5) is 5.69 Å². The molecular formula is C20H22N4O3. The van der Waals surface area contributed by atoms with Crippen molar-refractivity contribution >= 4 is 23.9 Å². The summed E-state index contributed by atoms with van der Waals surface area (Å²) in [6.45, 7) is 5.84. The number of pyridine rings is 1. The van der Waals surface area contributed by atoms with Gasteiger partial charge in [-0.15, -0.1) is 0 Å². The molecule has 7 nitrogen and oxygen atoms in total. The zero-order valence-electron chi connectivity index (χ0n) is 15.4. The van der Waals surface area contributed by atoms with Crippen molar-refractivity contribution in [2.45, 2.75) is 13.8 Å². The molecule has 1 aliphatic rings. The first kappa shape index (κ1) is 18.6. The predicted molar refractivity (Wildman–Crippen MR) is 102 cm³/mol. The molecule has 0 bridgehead atoms. The summed E-state index contributed by atoms with van der Waals surface area (Å²) >= 11 is 0. The van der Waals surface area contributed by atoms with Gasteiger partial charge in [0, 0.05) is 31.9 Å². The highest BCUT2D eigenvalue weighted by atomic mass is 16.2. The summed E-state index contributed by atoms with van der Waals surface area (Å²) in [7, 11) is 0. The topological polar surface area (TPSA) is 82.6 Å². The van der Waals surface area contributed by atoms with Gasteiger partial charge in [0.25, 0.3) is 11.8 Å². The Kier molecular flexibility index (Phi) is 5.49. The highest BCUT2D eigenvalue weighted by molar-refractivity contribution is 6.04. The molecule has 3 amide bonds. The number of nitrogens with one attached hydrogen (secondary N) is 1. The van der Waals surface area contributed by atoms with Crippen molar-refractivity contribution in [2.24, 2.45) is 0 Å². The number of piperazine rings is 1. The third-order valence-corrected chi connectivity index (χ3v) is 4.43. The van der Waals surface area contributed by atoms with Gasteiger partial charge in [0.1, 0.15) is 11.4 Å². The lowest BCUT2D eigenvalue weighted by Gasteiger charge is -2.32. The number of rotatable bonds is 4. The first-order valence-electron chi connectivity index (χ1n) is 8.81. The molecular weight excluding hydrogens is 344 g/mol. The Balaban J connectivity index is 1.72. The fourth-order valence-electron chi connectivity index (χ4n) is 3.11. The maximum Gasteiger partial charge on any atom is 0.274 e. The minimum atomic E-state index is -0.361. The first-order valence-corrected chi connectivity index (χ1v) is 8.81. The minimum absolute atomic E-state index is 0.187. The largest absolute Gasteiger partial charge is 0.342 e. The van der Waals surface area contributed by atoms with Crippen molar-refractivity contribution in [3.63, 3.8) is 0 Å². The lowest BCUT2D eigenvalue weighted by molar-refractivity contribution is -0.119. The second kappa shape index (κ2) is 7.99. The summed E-state index contributed by atoms with van der Waals surface area (Å²) in [6, 6.07) is 10.6. The second-order valence-corrected chi connectivity index (χ2v) is 6.67. The van der Waals surface area contributed by atoms with Crippen LogP contribution in [0.2, 0.25) is 0 Å². The van der Waals surface area contributed by atoms with Crippen molar-refractivity contribution in [1.29, 1.82) is 0 Å². The number of aromatic nitrogens is 1. The van der Waals surface area contributed by atoms with Crippen molar-refractivity contribution in [1.82, 2.24) is 14.8 Å². The van der Waals surface area contributed by atoms with E-state index in [4.69, 9.17) is 0 Å². The van der Waals surface area contributed by atoms with Gasteiger partial charge >= 0.3 is 0 Å². The average molecular weight is 366 g/mol. The fourth-order valence-corrected chi connectivity index (χ4v) is 3.11. The zero-order valence-corrected chi connectivity index (χ0v) is 15.4. The van der Waals surface area contributed by atoms with Gasteiger partial charge in [-0.2, -0.15) is 0 Å². The standard InChI is InChI=1S/C20H22N4O3/c1-14-10-15(2)12-16(11-14)21-19(26)17-4-3-5-18(22-17)20(27)24-8-6-23(13-25)7-9-24/h3-5,10-13H,6-9H2,1-2H3,(H,21,26). The van der Waals surface area contributed by atoms with Crippen LogP contribution in [0.15, 0.2) is 36.4 Å². The Bertz CT molecular complexity index is 853. The van der Waals surface area contributed by atoms with Gasteiger partial charge in [0.15, 0.2) is 0 Å². The summed E-state index contributed by atoms with van der Waals surface area (Å²) < 4.78 is 0. The third-order valence-electron chi connectivity index (χ3n) is 4.43. The molecule has 1 N–H and O–H groups in total. The molecule has 0 aliphatic carbocycles. The molecule has 1 aromatic carbocycles. The number of nitrogens with zero attached hydrogens (tertiary/aromatic N) is 3. The highest BCUT2D eigenvalue weighted by Crippen LogP contribution is 2.15. The molecule has 0 radical (unpaired) electrons.